The number of pyridine rings is 1. The van der Waals surface area contributed by atoms with Crippen LogP contribution in [0.1, 0.15) is 0 Å². The molecule has 84 valence electrons. The van der Waals surface area contributed by atoms with Gasteiger partial charge in [-0.15, -0.1) is 4.40 Å². The van der Waals surface area contributed by atoms with Crippen LogP contribution in [0.5, 0.6) is 11.6 Å². The summed E-state index contributed by atoms with van der Waals surface area (Å²) in [6, 6.07) is 12.7. The van der Waals surface area contributed by atoms with E-state index in [1.54, 1.807) is 12.3 Å². The molecule has 0 radical (unpaired) electrons. The summed E-state index contributed by atoms with van der Waals surface area (Å²) in [4.78, 5) is 1.25. The van der Waals surface area contributed by atoms with Crippen molar-refractivity contribution in [1.29, 1.82) is 0 Å². The van der Waals surface area contributed by atoms with Crippen LogP contribution in [0.4, 0.5) is 0 Å². The maximum Gasteiger partial charge on any atom is 0.390 e. The molecule has 17 heavy (non-hydrogen) atoms. The van der Waals surface area contributed by atoms with Gasteiger partial charge in [0.15, 0.2) is 11.1 Å². The minimum Gasteiger partial charge on any atom is -0.867 e. The predicted octanol–water partition coefficient (Wildman–Crippen LogP) is 1.93. The molecule has 3 nitrogen and oxygen atoms in total. The molecule has 0 bridgehead atoms. The van der Waals surface area contributed by atoms with Gasteiger partial charge in [-0.25, -0.2) is 0 Å². The van der Waals surface area contributed by atoms with Crippen molar-refractivity contribution in [3.05, 3.63) is 48.7 Å². The summed E-state index contributed by atoms with van der Waals surface area (Å²) < 4.78 is 1.52. The second kappa shape index (κ2) is 3.75. The van der Waals surface area contributed by atoms with Crippen molar-refractivity contribution in [2.75, 3.05) is 0 Å². The van der Waals surface area contributed by atoms with Crippen LogP contribution >= 0.6 is 11.3 Å². The zero-order valence-electron chi connectivity index (χ0n) is 8.83. The van der Waals surface area contributed by atoms with Gasteiger partial charge in [0.2, 0.25) is 0 Å². The number of hydrogen-bond acceptors (Lipinski definition) is 3. The molecule has 0 atom stereocenters. The van der Waals surface area contributed by atoms with E-state index in [0.29, 0.717) is 9.71 Å². The molecule has 0 aliphatic carbocycles. The lowest BCUT2D eigenvalue weighted by Gasteiger charge is -1.97. The molecule has 0 fully saturated rings. The number of nitrogens with zero attached hydrogens (tertiary/aromatic N) is 1. The van der Waals surface area contributed by atoms with Crippen LogP contribution in [0.15, 0.2) is 48.7 Å². The summed E-state index contributed by atoms with van der Waals surface area (Å²) in [5.74, 6) is 0.0453. The second-order valence-electron chi connectivity index (χ2n) is 3.67. The average Bonchev–Trinajstić information content (AvgIpc) is 2.70. The van der Waals surface area contributed by atoms with Gasteiger partial charge in [-0.05, 0) is 5.75 Å². The van der Waals surface area contributed by atoms with Crippen LogP contribution in [0, 0.1) is 0 Å². The minimum absolute atomic E-state index is 0.0741. The molecule has 4 heteroatoms. The Labute approximate surface area is 102 Å². The zero-order valence-corrected chi connectivity index (χ0v) is 9.65. The summed E-state index contributed by atoms with van der Waals surface area (Å²) in [6.45, 7) is 0. The van der Waals surface area contributed by atoms with Gasteiger partial charge in [-0.3, -0.25) is 0 Å². The summed E-state index contributed by atoms with van der Waals surface area (Å²) >= 11 is 1.30. The first-order chi connectivity index (χ1) is 8.27. The topological polar surface area (TPSA) is 47.4 Å². The van der Waals surface area contributed by atoms with Crippen LogP contribution in [-0.4, -0.2) is 5.11 Å². The Kier molecular flexibility index (Phi) is 2.23. The fourth-order valence-electron chi connectivity index (χ4n) is 1.77. The maximum atomic E-state index is 11.7. The van der Waals surface area contributed by atoms with Crippen molar-refractivity contribution in [3.63, 3.8) is 0 Å². The molecular weight excluding hydrogens is 234 g/mol. The van der Waals surface area contributed by atoms with Crippen molar-refractivity contribution < 1.29 is 14.6 Å². The summed E-state index contributed by atoms with van der Waals surface area (Å²) in [5.41, 5.74) is 0.915. The average molecular weight is 243 g/mol. The normalized spacial score (nSPS) is 10.8. The highest BCUT2D eigenvalue weighted by molar-refractivity contribution is 7.20. The number of hydrogen-bond donors (Lipinski definition) is 1. The largest absolute Gasteiger partial charge is 0.867 e. The number of thiazole rings is 1. The van der Waals surface area contributed by atoms with E-state index in [1.807, 2.05) is 30.3 Å². The SMILES string of the molecule is [O-]c1ccc[n+]2c(O)c(-c3ccccc3)sc12. The first-order valence-electron chi connectivity index (χ1n) is 5.16. The molecule has 0 saturated carbocycles. The van der Waals surface area contributed by atoms with E-state index in [9.17, 15) is 10.2 Å². The van der Waals surface area contributed by atoms with Crippen LogP contribution in [-0.2, 0) is 0 Å². The Morgan fingerprint density at radius 1 is 1.06 bits per heavy atom. The molecule has 2 aromatic heterocycles. The third kappa shape index (κ3) is 1.54. The predicted molar refractivity (Wildman–Crippen MR) is 64.0 cm³/mol. The molecule has 1 aromatic carbocycles. The number of aromatic nitrogens is 1. The van der Waals surface area contributed by atoms with Crippen LogP contribution < -0.4 is 9.51 Å². The summed E-state index contributed by atoms with van der Waals surface area (Å²) in [6.07, 6.45) is 1.69. The fourth-order valence-corrected chi connectivity index (χ4v) is 2.82. The van der Waals surface area contributed by atoms with E-state index in [1.165, 1.54) is 21.8 Å². The van der Waals surface area contributed by atoms with Crippen molar-refractivity contribution in [2.24, 2.45) is 0 Å². The lowest BCUT2D eigenvalue weighted by molar-refractivity contribution is -0.521. The lowest BCUT2D eigenvalue weighted by atomic mass is 10.2. The Morgan fingerprint density at radius 3 is 2.53 bits per heavy atom. The summed E-state index contributed by atoms with van der Waals surface area (Å²) in [7, 11) is 0. The number of rotatable bonds is 1. The van der Waals surface area contributed by atoms with Gasteiger partial charge in [0, 0.05) is 11.6 Å². The Hall–Kier alpha value is -2.07. The molecule has 0 amide bonds. The Bertz CT molecular complexity index is 676. The van der Waals surface area contributed by atoms with Gasteiger partial charge in [0.05, 0.1) is 0 Å². The standard InChI is InChI=1S/C13H9NO2S/c15-10-7-4-8-14-12(16)11(17-13(10)14)9-5-2-1-3-6-9/h1-8H,(H-,15,16). The number of fused-ring (bicyclic) bond motifs is 1. The maximum absolute atomic E-state index is 11.7. The van der Waals surface area contributed by atoms with E-state index in [4.69, 9.17) is 0 Å². The van der Waals surface area contributed by atoms with Crippen molar-refractivity contribution >= 4 is 16.2 Å². The van der Waals surface area contributed by atoms with Crippen molar-refractivity contribution in [2.45, 2.75) is 0 Å². The molecule has 3 aromatic rings. The van der Waals surface area contributed by atoms with Gasteiger partial charge in [-0.2, -0.15) is 0 Å². The molecular formula is C13H9NO2S. The van der Waals surface area contributed by atoms with Gasteiger partial charge >= 0.3 is 5.88 Å². The molecule has 1 N–H and O–H groups in total. The second-order valence-corrected chi connectivity index (χ2v) is 4.67. The van der Waals surface area contributed by atoms with Crippen LogP contribution in [0.2, 0.25) is 0 Å². The van der Waals surface area contributed by atoms with Crippen molar-refractivity contribution in [3.8, 4) is 22.1 Å². The molecule has 0 unspecified atom stereocenters. The quantitative estimate of drug-likeness (QED) is 0.664. The number of aromatic hydroxyl groups is 1. The third-order valence-corrected chi connectivity index (χ3v) is 3.79. The Balaban J connectivity index is 2.32. The monoisotopic (exact) mass is 243 g/mol. The van der Waals surface area contributed by atoms with Crippen LogP contribution in [0.3, 0.4) is 0 Å². The van der Waals surface area contributed by atoms with Crippen molar-refractivity contribution in [1.82, 2.24) is 0 Å². The first kappa shape index (κ1) is 10.1. The van der Waals surface area contributed by atoms with Crippen LogP contribution in [0.25, 0.3) is 15.3 Å². The fraction of sp³-hybridized carbons (Fsp3) is 0. The highest BCUT2D eigenvalue weighted by Crippen LogP contribution is 2.35. The van der Waals surface area contributed by atoms with E-state index < -0.39 is 0 Å². The smallest absolute Gasteiger partial charge is 0.390 e. The van der Waals surface area contributed by atoms with E-state index in [-0.39, 0.29) is 11.6 Å². The third-order valence-electron chi connectivity index (χ3n) is 2.58. The Morgan fingerprint density at radius 2 is 1.82 bits per heavy atom. The molecule has 0 aliphatic heterocycles. The van der Waals surface area contributed by atoms with Gasteiger partial charge in [0.25, 0.3) is 4.83 Å². The number of benzene rings is 1. The molecule has 0 spiro atoms. The van der Waals surface area contributed by atoms with E-state index in [0.717, 1.165) is 5.56 Å². The highest BCUT2D eigenvalue weighted by atomic mass is 32.1. The minimum atomic E-state index is -0.0741. The highest BCUT2D eigenvalue weighted by Gasteiger charge is 2.21. The first-order valence-corrected chi connectivity index (χ1v) is 5.97. The van der Waals surface area contributed by atoms with Gasteiger partial charge < -0.3 is 10.2 Å². The van der Waals surface area contributed by atoms with Gasteiger partial charge in [0.1, 0.15) is 0 Å². The molecule has 2 heterocycles. The molecule has 0 saturated heterocycles. The van der Waals surface area contributed by atoms with E-state index >= 15 is 0 Å². The van der Waals surface area contributed by atoms with E-state index in [2.05, 4.69) is 0 Å². The lowest BCUT2D eigenvalue weighted by Crippen LogP contribution is -2.18. The zero-order chi connectivity index (χ0) is 11.8. The van der Waals surface area contributed by atoms with Gasteiger partial charge in [-0.1, -0.05) is 47.7 Å². The molecule has 0 aliphatic rings. The summed E-state index contributed by atoms with van der Waals surface area (Å²) in [5, 5.41) is 21.8. The molecule has 3 rings (SSSR count).